The number of rotatable bonds is 2. The molecule has 6 heteroatoms. The van der Waals surface area contributed by atoms with Crippen molar-refractivity contribution in [3.63, 3.8) is 0 Å². The van der Waals surface area contributed by atoms with Crippen LogP contribution in [0.4, 0.5) is 4.79 Å². The lowest BCUT2D eigenvalue weighted by molar-refractivity contribution is -0.134. The van der Waals surface area contributed by atoms with Gasteiger partial charge in [-0.25, -0.2) is 4.79 Å². The summed E-state index contributed by atoms with van der Waals surface area (Å²) < 4.78 is 5.43. The van der Waals surface area contributed by atoms with Crippen LogP contribution in [0.3, 0.4) is 0 Å². The van der Waals surface area contributed by atoms with Gasteiger partial charge in [-0.15, -0.1) is 0 Å². The van der Waals surface area contributed by atoms with Crippen molar-refractivity contribution in [2.24, 2.45) is 5.41 Å². The van der Waals surface area contributed by atoms with E-state index >= 15 is 0 Å². The molecule has 3 amide bonds. The summed E-state index contributed by atoms with van der Waals surface area (Å²) in [6.07, 6.45) is 2.94. The van der Waals surface area contributed by atoms with Gasteiger partial charge in [-0.2, -0.15) is 0 Å². The second kappa shape index (κ2) is 6.61. The summed E-state index contributed by atoms with van der Waals surface area (Å²) >= 11 is 0. The Morgan fingerprint density at radius 2 is 1.71 bits per heavy atom. The minimum atomic E-state index is -0.452. The third kappa shape index (κ3) is 3.64. The second-order valence-electron chi connectivity index (χ2n) is 9.61. The number of imide groups is 1. The molecule has 6 nitrogen and oxygen atoms in total. The number of amides is 3. The van der Waals surface area contributed by atoms with E-state index in [2.05, 4.69) is 17.4 Å². The number of piperidine rings is 1. The van der Waals surface area contributed by atoms with Gasteiger partial charge in [0, 0.05) is 24.9 Å². The zero-order valence-corrected chi connectivity index (χ0v) is 16.8. The number of likely N-dealkylation sites (tertiary alicyclic amines) is 1. The van der Waals surface area contributed by atoms with Gasteiger partial charge in [0.25, 0.3) is 0 Å². The van der Waals surface area contributed by atoms with E-state index in [0.717, 1.165) is 31.5 Å². The largest absolute Gasteiger partial charge is 0.444 e. The predicted octanol–water partition coefficient (Wildman–Crippen LogP) is 3.32. The summed E-state index contributed by atoms with van der Waals surface area (Å²) in [4.78, 5) is 37.2. The van der Waals surface area contributed by atoms with Crippen molar-refractivity contribution in [1.29, 1.82) is 0 Å². The lowest BCUT2D eigenvalue weighted by Gasteiger charge is -2.59. The standard InChI is InChI=1S/C22H28N2O4/c1-21(2,3)28-20(27)24-12-22(13-24)10-16(11-22)14-4-6-15(7-5-14)17-8-9-18(25)23-19(17)26/h4-7,16-17H,8-13H2,1-3H3,(H,23,25,26). The Kier molecular flexibility index (Phi) is 4.47. The summed E-state index contributed by atoms with van der Waals surface area (Å²) in [5, 5.41) is 2.42. The quantitative estimate of drug-likeness (QED) is 0.794. The topological polar surface area (TPSA) is 75.7 Å². The van der Waals surface area contributed by atoms with E-state index in [1.165, 1.54) is 5.56 Å². The van der Waals surface area contributed by atoms with Crippen LogP contribution >= 0.6 is 0 Å². The van der Waals surface area contributed by atoms with Gasteiger partial charge >= 0.3 is 6.09 Å². The van der Waals surface area contributed by atoms with Crippen molar-refractivity contribution in [1.82, 2.24) is 10.2 Å². The first-order chi connectivity index (χ1) is 13.1. The molecule has 1 saturated carbocycles. The van der Waals surface area contributed by atoms with Crippen LogP contribution in [0.15, 0.2) is 24.3 Å². The van der Waals surface area contributed by atoms with Crippen molar-refractivity contribution < 1.29 is 19.1 Å². The van der Waals surface area contributed by atoms with Crippen LogP contribution in [0.25, 0.3) is 0 Å². The van der Waals surface area contributed by atoms with Gasteiger partial charge in [-0.1, -0.05) is 24.3 Å². The summed E-state index contributed by atoms with van der Waals surface area (Å²) in [5.41, 5.74) is 2.07. The van der Waals surface area contributed by atoms with Gasteiger partial charge in [0.2, 0.25) is 11.8 Å². The molecule has 3 aliphatic rings. The Labute approximate surface area is 165 Å². The minimum absolute atomic E-state index is 0.182. The number of hydrogen-bond acceptors (Lipinski definition) is 4. The van der Waals surface area contributed by atoms with E-state index in [1.54, 1.807) is 4.90 Å². The fourth-order valence-electron chi connectivity index (χ4n) is 4.71. The van der Waals surface area contributed by atoms with Crippen molar-refractivity contribution in [2.75, 3.05) is 13.1 Å². The fraction of sp³-hybridized carbons (Fsp3) is 0.591. The zero-order chi connectivity index (χ0) is 20.1. The Balaban J connectivity index is 1.29. The molecule has 2 aliphatic heterocycles. The number of hydrogen-bond donors (Lipinski definition) is 1. The van der Waals surface area contributed by atoms with E-state index in [9.17, 15) is 14.4 Å². The molecule has 0 aromatic heterocycles. The third-order valence-corrected chi connectivity index (χ3v) is 6.11. The van der Waals surface area contributed by atoms with Gasteiger partial charge in [0.15, 0.2) is 0 Å². The normalized spacial score (nSPS) is 24.4. The van der Waals surface area contributed by atoms with Crippen LogP contribution < -0.4 is 5.32 Å². The van der Waals surface area contributed by atoms with Crippen LogP contribution in [0, 0.1) is 5.41 Å². The van der Waals surface area contributed by atoms with E-state index < -0.39 is 5.60 Å². The molecule has 1 unspecified atom stereocenters. The molecule has 1 spiro atoms. The maximum absolute atomic E-state index is 12.1. The molecule has 3 fully saturated rings. The maximum atomic E-state index is 12.1. The molecule has 4 rings (SSSR count). The van der Waals surface area contributed by atoms with Crippen molar-refractivity contribution in [3.05, 3.63) is 35.4 Å². The molecule has 0 bridgehead atoms. The molecular weight excluding hydrogens is 356 g/mol. The number of ether oxygens (including phenoxy) is 1. The molecule has 1 aliphatic carbocycles. The lowest BCUT2D eigenvalue weighted by Crippen LogP contribution is -2.63. The van der Waals surface area contributed by atoms with E-state index in [0.29, 0.717) is 18.8 Å². The Hall–Kier alpha value is -2.37. The van der Waals surface area contributed by atoms with Crippen molar-refractivity contribution in [3.8, 4) is 0 Å². The average Bonchev–Trinajstić information content (AvgIpc) is 2.51. The average molecular weight is 384 g/mol. The van der Waals surface area contributed by atoms with Gasteiger partial charge in [-0.3, -0.25) is 14.9 Å². The highest BCUT2D eigenvalue weighted by Gasteiger charge is 2.54. The highest BCUT2D eigenvalue weighted by molar-refractivity contribution is 6.00. The molecule has 1 atom stereocenters. The van der Waals surface area contributed by atoms with Gasteiger partial charge in [-0.05, 0) is 57.1 Å². The Morgan fingerprint density at radius 3 is 2.29 bits per heavy atom. The Bertz CT molecular complexity index is 795. The van der Waals surface area contributed by atoms with E-state index in [1.807, 2.05) is 32.9 Å². The highest BCUT2D eigenvalue weighted by Crippen LogP contribution is 2.56. The van der Waals surface area contributed by atoms with Crippen LogP contribution in [-0.4, -0.2) is 41.5 Å². The summed E-state index contributed by atoms with van der Waals surface area (Å²) in [6.45, 7) is 7.23. The number of benzene rings is 1. The molecule has 2 heterocycles. The van der Waals surface area contributed by atoms with Crippen LogP contribution in [0.1, 0.15) is 69.4 Å². The van der Waals surface area contributed by atoms with E-state index in [-0.39, 0.29) is 29.2 Å². The zero-order valence-electron chi connectivity index (χ0n) is 16.8. The number of nitrogens with one attached hydrogen (secondary N) is 1. The smallest absolute Gasteiger partial charge is 0.410 e. The molecule has 1 N–H and O–H groups in total. The minimum Gasteiger partial charge on any atom is -0.444 e. The first kappa shape index (κ1) is 19.0. The lowest BCUT2D eigenvalue weighted by atomic mass is 9.56. The van der Waals surface area contributed by atoms with Crippen LogP contribution in [-0.2, 0) is 14.3 Å². The van der Waals surface area contributed by atoms with Gasteiger partial charge in [0.05, 0.1) is 5.92 Å². The molecule has 28 heavy (non-hydrogen) atoms. The summed E-state index contributed by atoms with van der Waals surface area (Å²) in [7, 11) is 0. The van der Waals surface area contributed by atoms with Crippen LogP contribution in [0.2, 0.25) is 0 Å². The highest BCUT2D eigenvalue weighted by atomic mass is 16.6. The first-order valence-corrected chi connectivity index (χ1v) is 10.1. The van der Waals surface area contributed by atoms with E-state index in [4.69, 9.17) is 4.74 Å². The second-order valence-corrected chi connectivity index (χ2v) is 9.61. The SMILES string of the molecule is CC(C)(C)OC(=O)N1CC2(CC(c3ccc(C4CCC(=O)NC4=O)cc3)C2)C1. The molecule has 2 saturated heterocycles. The maximum Gasteiger partial charge on any atom is 0.410 e. The summed E-state index contributed by atoms with van der Waals surface area (Å²) in [6, 6.07) is 8.27. The molecule has 150 valence electrons. The fourth-order valence-corrected chi connectivity index (χ4v) is 4.71. The van der Waals surface area contributed by atoms with Gasteiger partial charge < -0.3 is 9.64 Å². The molecule has 0 radical (unpaired) electrons. The monoisotopic (exact) mass is 384 g/mol. The number of carbonyl (C=O) groups is 3. The summed E-state index contributed by atoms with van der Waals surface area (Å²) in [5.74, 6) is -0.0908. The van der Waals surface area contributed by atoms with Crippen molar-refractivity contribution in [2.45, 2.75) is 63.9 Å². The molecule has 1 aromatic rings. The third-order valence-electron chi connectivity index (χ3n) is 6.11. The first-order valence-electron chi connectivity index (χ1n) is 10.1. The predicted molar refractivity (Wildman–Crippen MR) is 104 cm³/mol. The molecular formula is C22H28N2O4. The van der Waals surface area contributed by atoms with Crippen molar-refractivity contribution >= 4 is 17.9 Å². The number of nitrogens with zero attached hydrogens (tertiary/aromatic N) is 1. The molecule has 1 aromatic carbocycles. The van der Waals surface area contributed by atoms with Crippen LogP contribution in [0.5, 0.6) is 0 Å². The van der Waals surface area contributed by atoms with Gasteiger partial charge in [0.1, 0.15) is 5.60 Å². The Morgan fingerprint density at radius 1 is 1.11 bits per heavy atom. The number of carbonyl (C=O) groups excluding carboxylic acids is 3.